The second-order valence-electron chi connectivity index (χ2n) is 5.72. The zero-order valence-corrected chi connectivity index (χ0v) is 15.5. The van der Waals surface area contributed by atoms with Gasteiger partial charge in [0.15, 0.2) is 9.84 Å². The SMILES string of the molecule is CCS(=O)(=O)c1ccc(S(=O)(=O)Nc2ccccc2C(C)C)cc1. The highest BCUT2D eigenvalue weighted by Gasteiger charge is 2.18. The number of nitrogens with one attached hydrogen (secondary N) is 1. The van der Waals surface area contributed by atoms with Crippen LogP contribution >= 0.6 is 0 Å². The Labute approximate surface area is 143 Å². The predicted octanol–water partition coefficient (Wildman–Crippen LogP) is 3.40. The molecule has 0 aliphatic rings. The summed E-state index contributed by atoms with van der Waals surface area (Å²) < 4.78 is 51.3. The summed E-state index contributed by atoms with van der Waals surface area (Å²) in [5.74, 6) is 0.139. The van der Waals surface area contributed by atoms with Crippen LogP contribution in [0.4, 0.5) is 5.69 Å². The van der Waals surface area contributed by atoms with Crippen LogP contribution in [0.2, 0.25) is 0 Å². The molecule has 24 heavy (non-hydrogen) atoms. The van der Waals surface area contributed by atoms with E-state index in [4.69, 9.17) is 0 Å². The fourth-order valence-corrected chi connectivity index (χ4v) is 4.26. The van der Waals surface area contributed by atoms with Crippen LogP contribution in [-0.2, 0) is 19.9 Å². The normalized spacial score (nSPS) is 12.3. The van der Waals surface area contributed by atoms with Crippen LogP contribution in [0, 0.1) is 0 Å². The Kier molecular flexibility index (Phi) is 5.35. The van der Waals surface area contributed by atoms with E-state index in [0.29, 0.717) is 5.69 Å². The minimum atomic E-state index is -3.78. The molecule has 5 nitrogen and oxygen atoms in total. The monoisotopic (exact) mass is 367 g/mol. The smallest absolute Gasteiger partial charge is 0.261 e. The molecule has 2 rings (SSSR count). The first-order valence-corrected chi connectivity index (χ1v) is 10.8. The average molecular weight is 367 g/mol. The molecule has 0 bridgehead atoms. The standard InChI is InChI=1S/C17H21NO4S2/c1-4-23(19,20)14-9-11-15(12-10-14)24(21,22)18-17-8-6-5-7-16(17)13(2)3/h5-13,18H,4H2,1-3H3. The Morgan fingerprint density at radius 1 is 0.875 bits per heavy atom. The molecule has 0 radical (unpaired) electrons. The Hall–Kier alpha value is -1.86. The molecular weight excluding hydrogens is 346 g/mol. The second kappa shape index (κ2) is 6.94. The zero-order chi connectivity index (χ0) is 18.0. The number of hydrogen-bond donors (Lipinski definition) is 1. The molecule has 2 aromatic rings. The molecular formula is C17H21NO4S2. The van der Waals surface area contributed by atoms with Gasteiger partial charge in [-0.2, -0.15) is 0 Å². The van der Waals surface area contributed by atoms with Gasteiger partial charge in [0.05, 0.1) is 21.2 Å². The summed E-state index contributed by atoms with van der Waals surface area (Å²) in [6.07, 6.45) is 0. The van der Waals surface area contributed by atoms with Crippen LogP contribution in [-0.4, -0.2) is 22.6 Å². The summed E-state index contributed by atoms with van der Waals surface area (Å²) in [7, 11) is -7.14. The second-order valence-corrected chi connectivity index (χ2v) is 9.68. The van der Waals surface area contributed by atoms with Crippen molar-refractivity contribution in [2.45, 2.75) is 36.5 Å². The third kappa shape index (κ3) is 3.96. The van der Waals surface area contributed by atoms with E-state index < -0.39 is 19.9 Å². The summed E-state index contributed by atoms with van der Waals surface area (Å²) in [4.78, 5) is 0.141. The molecule has 1 N–H and O–H groups in total. The van der Waals surface area contributed by atoms with E-state index in [1.165, 1.54) is 24.3 Å². The summed E-state index contributed by atoms with van der Waals surface area (Å²) in [5, 5.41) is 0. The summed E-state index contributed by atoms with van der Waals surface area (Å²) in [5.41, 5.74) is 1.42. The Morgan fingerprint density at radius 3 is 1.96 bits per heavy atom. The van der Waals surface area contributed by atoms with Gasteiger partial charge in [0.25, 0.3) is 10.0 Å². The van der Waals surface area contributed by atoms with Crippen molar-refractivity contribution in [3.05, 3.63) is 54.1 Å². The van der Waals surface area contributed by atoms with Gasteiger partial charge in [0.2, 0.25) is 0 Å². The van der Waals surface area contributed by atoms with E-state index in [1.807, 2.05) is 26.0 Å². The average Bonchev–Trinajstić information content (AvgIpc) is 2.55. The van der Waals surface area contributed by atoms with Crippen molar-refractivity contribution in [3.8, 4) is 0 Å². The first-order chi connectivity index (χ1) is 11.2. The highest BCUT2D eigenvalue weighted by atomic mass is 32.2. The van der Waals surface area contributed by atoms with Gasteiger partial charge < -0.3 is 0 Å². The highest BCUT2D eigenvalue weighted by Crippen LogP contribution is 2.26. The molecule has 0 amide bonds. The van der Waals surface area contributed by atoms with Gasteiger partial charge in [-0.05, 0) is 41.8 Å². The van der Waals surface area contributed by atoms with Crippen molar-refractivity contribution in [1.29, 1.82) is 0 Å². The molecule has 0 aromatic heterocycles. The lowest BCUT2D eigenvalue weighted by Gasteiger charge is -2.15. The lowest BCUT2D eigenvalue weighted by atomic mass is 10.0. The number of sulfonamides is 1. The Balaban J connectivity index is 2.35. The topological polar surface area (TPSA) is 80.3 Å². The van der Waals surface area contributed by atoms with Crippen LogP contribution in [0.1, 0.15) is 32.3 Å². The molecule has 0 fully saturated rings. The number of rotatable bonds is 6. The molecule has 2 aromatic carbocycles. The van der Waals surface area contributed by atoms with Crippen molar-refractivity contribution in [1.82, 2.24) is 0 Å². The fourth-order valence-electron chi connectivity index (χ4n) is 2.29. The lowest BCUT2D eigenvalue weighted by Crippen LogP contribution is -2.15. The van der Waals surface area contributed by atoms with Gasteiger partial charge in [-0.3, -0.25) is 4.72 Å². The lowest BCUT2D eigenvalue weighted by molar-refractivity contribution is 0.595. The molecule has 0 heterocycles. The minimum absolute atomic E-state index is 0.0242. The first-order valence-electron chi connectivity index (χ1n) is 7.62. The maximum atomic E-state index is 12.5. The minimum Gasteiger partial charge on any atom is -0.279 e. The molecule has 130 valence electrons. The predicted molar refractivity (Wildman–Crippen MR) is 95.5 cm³/mol. The number of sulfone groups is 1. The summed E-state index contributed by atoms with van der Waals surface area (Å²) in [6, 6.07) is 12.5. The summed E-state index contributed by atoms with van der Waals surface area (Å²) >= 11 is 0. The van der Waals surface area contributed by atoms with E-state index >= 15 is 0 Å². The number of benzene rings is 2. The third-order valence-corrected chi connectivity index (χ3v) is 6.83. The highest BCUT2D eigenvalue weighted by molar-refractivity contribution is 7.92. The van der Waals surface area contributed by atoms with E-state index in [9.17, 15) is 16.8 Å². The van der Waals surface area contributed by atoms with Crippen molar-refractivity contribution in [3.63, 3.8) is 0 Å². The molecule has 0 saturated carbocycles. The number of hydrogen-bond acceptors (Lipinski definition) is 4. The molecule has 0 atom stereocenters. The Morgan fingerprint density at radius 2 is 1.42 bits per heavy atom. The van der Waals surface area contributed by atoms with Crippen molar-refractivity contribution >= 4 is 25.5 Å². The molecule has 0 spiro atoms. The van der Waals surface area contributed by atoms with E-state index in [-0.39, 0.29) is 21.5 Å². The largest absolute Gasteiger partial charge is 0.279 e. The molecule has 7 heteroatoms. The third-order valence-electron chi connectivity index (χ3n) is 3.70. The van der Waals surface area contributed by atoms with E-state index in [2.05, 4.69) is 4.72 Å². The summed E-state index contributed by atoms with van der Waals surface area (Å²) in [6.45, 7) is 5.51. The Bertz CT molecular complexity index is 915. The van der Waals surface area contributed by atoms with Gasteiger partial charge in [0.1, 0.15) is 0 Å². The first kappa shape index (κ1) is 18.5. The van der Waals surface area contributed by atoms with Gasteiger partial charge in [0, 0.05) is 0 Å². The van der Waals surface area contributed by atoms with Gasteiger partial charge in [-0.1, -0.05) is 39.0 Å². The van der Waals surface area contributed by atoms with Crippen LogP contribution < -0.4 is 4.72 Å². The van der Waals surface area contributed by atoms with E-state index in [0.717, 1.165) is 5.56 Å². The maximum absolute atomic E-state index is 12.5. The molecule has 0 aliphatic heterocycles. The maximum Gasteiger partial charge on any atom is 0.261 e. The van der Waals surface area contributed by atoms with Crippen molar-refractivity contribution < 1.29 is 16.8 Å². The van der Waals surface area contributed by atoms with Crippen LogP contribution in [0.5, 0.6) is 0 Å². The van der Waals surface area contributed by atoms with Gasteiger partial charge >= 0.3 is 0 Å². The molecule has 0 saturated heterocycles. The van der Waals surface area contributed by atoms with Crippen LogP contribution in [0.3, 0.4) is 0 Å². The van der Waals surface area contributed by atoms with Gasteiger partial charge in [-0.25, -0.2) is 16.8 Å². The van der Waals surface area contributed by atoms with Gasteiger partial charge in [-0.15, -0.1) is 0 Å². The van der Waals surface area contributed by atoms with E-state index in [1.54, 1.807) is 19.1 Å². The number of anilines is 1. The van der Waals surface area contributed by atoms with Crippen LogP contribution in [0.25, 0.3) is 0 Å². The van der Waals surface area contributed by atoms with Crippen molar-refractivity contribution in [2.24, 2.45) is 0 Å². The fraction of sp³-hybridized carbons (Fsp3) is 0.294. The van der Waals surface area contributed by atoms with Crippen molar-refractivity contribution in [2.75, 3.05) is 10.5 Å². The number of para-hydroxylation sites is 1. The molecule has 0 aliphatic carbocycles. The molecule has 0 unspecified atom stereocenters. The zero-order valence-electron chi connectivity index (χ0n) is 13.9. The quantitative estimate of drug-likeness (QED) is 0.848. The van der Waals surface area contributed by atoms with Crippen LogP contribution in [0.15, 0.2) is 58.3 Å².